The molecular formula is C12H22N2O4. The number of hydrogen-bond acceptors (Lipinski definition) is 5. The Hall–Kier alpha value is -1.30. The molecule has 0 aromatic rings. The highest BCUT2D eigenvalue weighted by Crippen LogP contribution is 2.25. The third kappa shape index (κ3) is 3.60. The van der Waals surface area contributed by atoms with Gasteiger partial charge >= 0.3 is 12.1 Å². The molecule has 1 rings (SSSR count). The van der Waals surface area contributed by atoms with Gasteiger partial charge in [-0.1, -0.05) is 0 Å². The molecule has 0 aromatic heterocycles. The van der Waals surface area contributed by atoms with Gasteiger partial charge in [0.2, 0.25) is 0 Å². The molecule has 0 saturated carbocycles. The predicted octanol–water partition coefficient (Wildman–Crippen LogP) is 0.744. The highest BCUT2D eigenvalue weighted by atomic mass is 16.6. The molecule has 18 heavy (non-hydrogen) atoms. The SMILES string of the molecule is COC(=O)C1CC(CN)CN1C(=O)OC(C)(C)C. The predicted molar refractivity (Wildman–Crippen MR) is 65.9 cm³/mol. The molecule has 2 unspecified atom stereocenters. The Balaban J connectivity index is 2.77. The van der Waals surface area contributed by atoms with Gasteiger partial charge in [-0.3, -0.25) is 4.90 Å². The van der Waals surface area contributed by atoms with Gasteiger partial charge < -0.3 is 15.2 Å². The monoisotopic (exact) mass is 258 g/mol. The molecular weight excluding hydrogens is 236 g/mol. The number of methoxy groups -OCH3 is 1. The van der Waals surface area contributed by atoms with E-state index in [1.165, 1.54) is 12.0 Å². The van der Waals surface area contributed by atoms with Gasteiger partial charge in [0.05, 0.1) is 7.11 Å². The Bertz CT molecular complexity index is 325. The van der Waals surface area contributed by atoms with Gasteiger partial charge in [-0.15, -0.1) is 0 Å². The van der Waals surface area contributed by atoms with E-state index in [4.69, 9.17) is 15.2 Å². The zero-order chi connectivity index (χ0) is 13.9. The van der Waals surface area contributed by atoms with E-state index in [9.17, 15) is 9.59 Å². The van der Waals surface area contributed by atoms with Gasteiger partial charge in [0.25, 0.3) is 0 Å². The molecule has 6 nitrogen and oxygen atoms in total. The molecule has 2 N–H and O–H groups in total. The van der Waals surface area contributed by atoms with Crippen molar-refractivity contribution in [3.8, 4) is 0 Å². The molecule has 0 aliphatic carbocycles. The second-order valence-electron chi connectivity index (χ2n) is 5.51. The lowest BCUT2D eigenvalue weighted by Crippen LogP contribution is -2.43. The van der Waals surface area contributed by atoms with Crippen LogP contribution in [0.25, 0.3) is 0 Å². The van der Waals surface area contributed by atoms with Crippen LogP contribution in [0.5, 0.6) is 0 Å². The number of likely N-dealkylation sites (tertiary alicyclic amines) is 1. The average Bonchev–Trinajstić information content (AvgIpc) is 2.69. The molecule has 104 valence electrons. The molecule has 0 aromatic carbocycles. The van der Waals surface area contributed by atoms with Crippen molar-refractivity contribution in [3.05, 3.63) is 0 Å². The maximum atomic E-state index is 12.0. The molecule has 0 radical (unpaired) electrons. The summed E-state index contributed by atoms with van der Waals surface area (Å²) >= 11 is 0. The Morgan fingerprint density at radius 2 is 2.00 bits per heavy atom. The summed E-state index contributed by atoms with van der Waals surface area (Å²) in [5, 5.41) is 0. The van der Waals surface area contributed by atoms with E-state index in [1.54, 1.807) is 20.8 Å². The summed E-state index contributed by atoms with van der Waals surface area (Å²) in [4.78, 5) is 25.1. The second-order valence-corrected chi connectivity index (χ2v) is 5.51. The Morgan fingerprint density at radius 1 is 1.39 bits per heavy atom. The summed E-state index contributed by atoms with van der Waals surface area (Å²) in [5.74, 6) is -0.307. The second kappa shape index (κ2) is 5.56. The number of amides is 1. The molecule has 1 saturated heterocycles. The van der Waals surface area contributed by atoms with Crippen LogP contribution in [0.4, 0.5) is 4.79 Å². The largest absolute Gasteiger partial charge is 0.467 e. The van der Waals surface area contributed by atoms with Crippen LogP contribution < -0.4 is 5.73 Å². The van der Waals surface area contributed by atoms with Gasteiger partial charge in [-0.25, -0.2) is 9.59 Å². The number of rotatable bonds is 2. The summed E-state index contributed by atoms with van der Waals surface area (Å²) in [6.45, 7) is 6.23. The van der Waals surface area contributed by atoms with Crippen molar-refractivity contribution in [1.29, 1.82) is 0 Å². The maximum Gasteiger partial charge on any atom is 0.411 e. The number of nitrogens with zero attached hydrogens (tertiary/aromatic N) is 1. The lowest BCUT2D eigenvalue weighted by molar-refractivity contribution is -0.145. The molecule has 1 amide bonds. The van der Waals surface area contributed by atoms with Crippen molar-refractivity contribution >= 4 is 12.1 Å². The van der Waals surface area contributed by atoms with Crippen molar-refractivity contribution in [3.63, 3.8) is 0 Å². The van der Waals surface area contributed by atoms with E-state index < -0.39 is 23.7 Å². The summed E-state index contributed by atoms with van der Waals surface area (Å²) in [7, 11) is 1.31. The molecule has 1 fully saturated rings. The van der Waals surface area contributed by atoms with Crippen molar-refractivity contribution < 1.29 is 19.1 Å². The topological polar surface area (TPSA) is 81.9 Å². The zero-order valence-electron chi connectivity index (χ0n) is 11.4. The molecule has 1 heterocycles. The maximum absolute atomic E-state index is 12.0. The molecule has 1 aliphatic rings. The number of esters is 1. The number of carbonyl (C=O) groups is 2. The minimum Gasteiger partial charge on any atom is -0.467 e. The third-order valence-electron chi connectivity index (χ3n) is 2.82. The lowest BCUT2D eigenvalue weighted by Gasteiger charge is -2.27. The average molecular weight is 258 g/mol. The fraction of sp³-hybridized carbons (Fsp3) is 0.833. The summed E-state index contributed by atoms with van der Waals surface area (Å²) in [6, 6.07) is -0.585. The van der Waals surface area contributed by atoms with E-state index in [2.05, 4.69) is 0 Å². The number of ether oxygens (including phenoxy) is 2. The Morgan fingerprint density at radius 3 is 2.44 bits per heavy atom. The van der Waals surface area contributed by atoms with E-state index in [-0.39, 0.29) is 5.92 Å². The van der Waals surface area contributed by atoms with Crippen molar-refractivity contribution in [2.75, 3.05) is 20.2 Å². The molecule has 0 spiro atoms. The van der Waals surface area contributed by atoms with Crippen LogP contribution in [0, 0.1) is 5.92 Å². The van der Waals surface area contributed by atoms with E-state index in [0.29, 0.717) is 19.5 Å². The normalized spacial score (nSPS) is 23.9. The first-order valence-electron chi connectivity index (χ1n) is 6.06. The Labute approximate surface area is 107 Å². The van der Waals surface area contributed by atoms with Crippen molar-refractivity contribution in [2.45, 2.75) is 38.8 Å². The Kier molecular flexibility index (Phi) is 4.56. The summed E-state index contributed by atoms with van der Waals surface area (Å²) in [5.41, 5.74) is 5.01. The van der Waals surface area contributed by atoms with Crippen molar-refractivity contribution in [2.24, 2.45) is 11.7 Å². The fourth-order valence-corrected chi connectivity index (χ4v) is 1.98. The summed E-state index contributed by atoms with van der Waals surface area (Å²) in [6.07, 6.45) is 0.0384. The third-order valence-corrected chi connectivity index (χ3v) is 2.82. The minimum atomic E-state index is -0.585. The van der Waals surface area contributed by atoms with Crippen LogP contribution in [0.1, 0.15) is 27.2 Å². The van der Waals surface area contributed by atoms with Crippen LogP contribution in [0.2, 0.25) is 0 Å². The van der Waals surface area contributed by atoms with Gasteiger partial charge in [0.15, 0.2) is 0 Å². The van der Waals surface area contributed by atoms with E-state index in [1.807, 2.05) is 0 Å². The smallest absolute Gasteiger partial charge is 0.411 e. The number of nitrogens with two attached hydrogens (primary N) is 1. The molecule has 0 bridgehead atoms. The van der Waals surface area contributed by atoms with Gasteiger partial charge in [-0.2, -0.15) is 0 Å². The van der Waals surface area contributed by atoms with Crippen LogP contribution in [-0.2, 0) is 14.3 Å². The molecule has 1 aliphatic heterocycles. The highest BCUT2D eigenvalue weighted by Gasteiger charge is 2.41. The van der Waals surface area contributed by atoms with Gasteiger partial charge in [0.1, 0.15) is 11.6 Å². The van der Waals surface area contributed by atoms with Gasteiger partial charge in [0, 0.05) is 6.54 Å². The minimum absolute atomic E-state index is 0.113. The van der Waals surface area contributed by atoms with Crippen LogP contribution >= 0.6 is 0 Å². The van der Waals surface area contributed by atoms with E-state index >= 15 is 0 Å². The fourth-order valence-electron chi connectivity index (χ4n) is 1.98. The van der Waals surface area contributed by atoms with E-state index in [0.717, 1.165) is 0 Å². The summed E-state index contributed by atoms with van der Waals surface area (Å²) < 4.78 is 9.99. The van der Waals surface area contributed by atoms with Crippen molar-refractivity contribution in [1.82, 2.24) is 4.90 Å². The van der Waals surface area contributed by atoms with Crippen LogP contribution in [-0.4, -0.2) is 48.8 Å². The zero-order valence-corrected chi connectivity index (χ0v) is 11.4. The van der Waals surface area contributed by atoms with Gasteiger partial charge in [-0.05, 0) is 39.7 Å². The van der Waals surface area contributed by atoms with Crippen LogP contribution in [0.3, 0.4) is 0 Å². The molecule has 2 atom stereocenters. The van der Waals surface area contributed by atoms with Crippen LogP contribution in [0.15, 0.2) is 0 Å². The lowest BCUT2D eigenvalue weighted by atomic mass is 10.1. The number of carbonyl (C=O) groups excluding carboxylic acids is 2. The highest BCUT2D eigenvalue weighted by molar-refractivity contribution is 5.82. The first-order valence-corrected chi connectivity index (χ1v) is 6.06. The quantitative estimate of drug-likeness (QED) is 0.739. The molecule has 6 heteroatoms. The number of hydrogen-bond donors (Lipinski definition) is 1. The standard InChI is InChI=1S/C12H22N2O4/c1-12(2,3)18-11(16)14-7-8(6-13)5-9(14)10(15)17-4/h8-9H,5-7,13H2,1-4H3. The first-order chi connectivity index (χ1) is 8.28. The first kappa shape index (κ1) is 14.8.